The highest BCUT2D eigenvalue weighted by molar-refractivity contribution is 7.99. The van der Waals surface area contributed by atoms with Crippen molar-refractivity contribution < 1.29 is 4.79 Å². The fourth-order valence-corrected chi connectivity index (χ4v) is 4.45. The number of thioether (sulfide) groups is 1. The fourth-order valence-electron chi connectivity index (χ4n) is 3.69. The molecule has 1 heterocycles. The SMILES string of the molecule is Cc1ccccc1-n1nnnc1SCC(=O)N(C(C)C)C1CCCCC1. The van der Waals surface area contributed by atoms with Crippen LogP contribution in [0.1, 0.15) is 51.5 Å². The van der Waals surface area contributed by atoms with E-state index in [4.69, 9.17) is 0 Å². The summed E-state index contributed by atoms with van der Waals surface area (Å²) in [7, 11) is 0. The minimum Gasteiger partial charge on any atom is -0.337 e. The lowest BCUT2D eigenvalue weighted by atomic mass is 9.93. The Morgan fingerprint density at radius 3 is 2.69 bits per heavy atom. The molecule has 0 spiro atoms. The summed E-state index contributed by atoms with van der Waals surface area (Å²) in [4.78, 5) is 15.0. The van der Waals surface area contributed by atoms with Gasteiger partial charge in [0.2, 0.25) is 11.1 Å². The van der Waals surface area contributed by atoms with Crippen molar-refractivity contribution in [3.63, 3.8) is 0 Å². The van der Waals surface area contributed by atoms with E-state index in [1.54, 1.807) is 4.68 Å². The number of carbonyl (C=O) groups is 1. The molecule has 1 aliphatic carbocycles. The van der Waals surface area contributed by atoms with Gasteiger partial charge in [0.05, 0.1) is 11.4 Å². The van der Waals surface area contributed by atoms with E-state index in [-0.39, 0.29) is 11.9 Å². The van der Waals surface area contributed by atoms with Gasteiger partial charge in [-0.15, -0.1) is 5.10 Å². The van der Waals surface area contributed by atoms with Crippen LogP contribution in [0.4, 0.5) is 0 Å². The number of hydrogen-bond acceptors (Lipinski definition) is 5. The number of aryl methyl sites for hydroxylation is 1. The lowest BCUT2D eigenvalue weighted by Gasteiger charge is -2.37. The van der Waals surface area contributed by atoms with Gasteiger partial charge in [0.1, 0.15) is 0 Å². The molecule has 1 amide bonds. The van der Waals surface area contributed by atoms with Crippen LogP contribution >= 0.6 is 11.8 Å². The van der Waals surface area contributed by atoms with Gasteiger partial charge in [-0.2, -0.15) is 4.68 Å². The van der Waals surface area contributed by atoms with Crippen LogP contribution in [0.15, 0.2) is 29.4 Å². The van der Waals surface area contributed by atoms with Gasteiger partial charge < -0.3 is 4.90 Å². The molecule has 0 atom stereocenters. The van der Waals surface area contributed by atoms with Crippen LogP contribution in [0.2, 0.25) is 0 Å². The molecule has 3 rings (SSSR count). The molecule has 1 saturated carbocycles. The molecule has 2 aromatic rings. The van der Waals surface area contributed by atoms with Gasteiger partial charge in [-0.25, -0.2) is 0 Å². The molecule has 1 fully saturated rings. The first-order valence-electron chi connectivity index (χ1n) is 9.36. The average Bonchev–Trinajstić information content (AvgIpc) is 3.09. The smallest absolute Gasteiger partial charge is 0.233 e. The normalized spacial score (nSPS) is 15.4. The van der Waals surface area contributed by atoms with E-state index in [0.29, 0.717) is 17.0 Å². The number of tetrazole rings is 1. The molecule has 0 N–H and O–H groups in total. The first kappa shape index (κ1) is 18.9. The molecule has 6 nitrogen and oxygen atoms in total. The van der Waals surface area contributed by atoms with E-state index in [9.17, 15) is 4.79 Å². The van der Waals surface area contributed by atoms with Crippen LogP contribution in [0.25, 0.3) is 5.69 Å². The minimum atomic E-state index is 0.177. The van der Waals surface area contributed by atoms with Crippen LogP contribution < -0.4 is 0 Å². The Morgan fingerprint density at radius 1 is 1.27 bits per heavy atom. The summed E-state index contributed by atoms with van der Waals surface area (Å²) in [5.41, 5.74) is 2.04. The highest BCUT2D eigenvalue weighted by Crippen LogP contribution is 2.26. The van der Waals surface area contributed by atoms with E-state index < -0.39 is 0 Å². The molecule has 0 aliphatic heterocycles. The molecular weight excluding hydrogens is 346 g/mol. The van der Waals surface area contributed by atoms with Gasteiger partial charge in [0.25, 0.3) is 0 Å². The monoisotopic (exact) mass is 373 g/mol. The summed E-state index contributed by atoms with van der Waals surface area (Å²) >= 11 is 1.41. The zero-order valence-electron chi connectivity index (χ0n) is 15.8. The first-order chi connectivity index (χ1) is 12.6. The number of aromatic nitrogens is 4. The Balaban J connectivity index is 1.70. The van der Waals surface area contributed by atoms with Crippen molar-refractivity contribution >= 4 is 17.7 Å². The fraction of sp³-hybridized carbons (Fsp3) is 0.579. The molecule has 1 aromatic heterocycles. The second-order valence-corrected chi connectivity index (χ2v) is 8.08. The van der Waals surface area contributed by atoms with Crippen molar-refractivity contribution in [2.45, 2.75) is 70.1 Å². The third-order valence-electron chi connectivity index (χ3n) is 4.92. The third kappa shape index (κ3) is 4.26. The third-order valence-corrected chi connectivity index (χ3v) is 5.83. The lowest BCUT2D eigenvalue weighted by molar-refractivity contribution is -0.133. The molecule has 140 valence electrons. The number of hydrogen-bond donors (Lipinski definition) is 0. The van der Waals surface area contributed by atoms with Gasteiger partial charge in [0.15, 0.2) is 0 Å². The Labute approximate surface area is 159 Å². The van der Waals surface area contributed by atoms with Gasteiger partial charge >= 0.3 is 0 Å². The summed E-state index contributed by atoms with van der Waals surface area (Å²) in [6, 6.07) is 8.57. The van der Waals surface area contributed by atoms with Crippen molar-refractivity contribution in [3.05, 3.63) is 29.8 Å². The number of amides is 1. The van der Waals surface area contributed by atoms with Crippen LogP contribution in [-0.4, -0.2) is 48.9 Å². The summed E-state index contributed by atoms with van der Waals surface area (Å²) < 4.78 is 1.72. The molecule has 0 saturated heterocycles. The highest BCUT2D eigenvalue weighted by Gasteiger charge is 2.27. The zero-order valence-corrected chi connectivity index (χ0v) is 16.6. The summed E-state index contributed by atoms with van der Waals surface area (Å²) in [5.74, 6) is 0.539. The van der Waals surface area contributed by atoms with E-state index in [1.807, 2.05) is 31.2 Å². The largest absolute Gasteiger partial charge is 0.337 e. The summed E-state index contributed by atoms with van der Waals surface area (Å²) in [6.45, 7) is 6.24. The highest BCUT2D eigenvalue weighted by atomic mass is 32.2. The van der Waals surface area contributed by atoms with Crippen LogP contribution in [0.3, 0.4) is 0 Å². The van der Waals surface area contributed by atoms with Gasteiger partial charge in [-0.3, -0.25) is 4.79 Å². The Morgan fingerprint density at radius 2 is 2.00 bits per heavy atom. The molecule has 1 aromatic carbocycles. The van der Waals surface area contributed by atoms with Crippen LogP contribution in [0, 0.1) is 6.92 Å². The van der Waals surface area contributed by atoms with E-state index in [1.165, 1.54) is 31.0 Å². The maximum Gasteiger partial charge on any atom is 0.233 e. The maximum atomic E-state index is 12.9. The number of rotatable bonds is 6. The average molecular weight is 374 g/mol. The second-order valence-electron chi connectivity index (χ2n) is 7.14. The number of para-hydroxylation sites is 1. The Kier molecular flexibility index (Phi) is 6.29. The zero-order chi connectivity index (χ0) is 18.5. The first-order valence-corrected chi connectivity index (χ1v) is 10.3. The maximum absolute atomic E-state index is 12.9. The molecule has 1 aliphatic rings. The standard InChI is InChI=1S/C19H27N5OS/c1-14(2)23(16-10-5-4-6-11-16)18(25)13-26-19-20-21-22-24(19)17-12-8-7-9-15(17)3/h7-9,12,14,16H,4-6,10-11,13H2,1-3H3. The van der Waals surface area contributed by atoms with Crippen LogP contribution in [0.5, 0.6) is 0 Å². The number of benzene rings is 1. The predicted molar refractivity (Wildman–Crippen MR) is 103 cm³/mol. The summed E-state index contributed by atoms with van der Waals surface area (Å²) in [5, 5.41) is 12.7. The Hall–Kier alpha value is -1.89. The molecule has 0 bridgehead atoms. The van der Waals surface area contributed by atoms with Crippen molar-refractivity contribution in [2.24, 2.45) is 0 Å². The topological polar surface area (TPSA) is 63.9 Å². The van der Waals surface area contributed by atoms with Crippen molar-refractivity contribution in [3.8, 4) is 5.69 Å². The van der Waals surface area contributed by atoms with Crippen molar-refractivity contribution in [2.75, 3.05) is 5.75 Å². The van der Waals surface area contributed by atoms with Gasteiger partial charge in [0, 0.05) is 12.1 Å². The second kappa shape index (κ2) is 8.66. The van der Waals surface area contributed by atoms with Gasteiger partial charge in [-0.1, -0.05) is 49.2 Å². The molecule has 0 radical (unpaired) electrons. The number of carbonyl (C=O) groups excluding carboxylic acids is 1. The molecule has 0 unspecified atom stereocenters. The Bertz CT molecular complexity index is 739. The van der Waals surface area contributed by atoms with E-state index in [0.717, 1.165) is 24.1 Å². The molecule has 26 heavy (non-hydrogen) atoms. The summed E-state index contributed by atoms with van der Waals surface area (Å²) in [6.07, 6.45) is 5.97. The lowest BCUT2D eigenvalue weighted by Crippen LogP contribution is -2.46. The van der Waals surface area contributed by atoms with Crippen molar-refractivity contribution in [1.29, 1.82) is 0 Å². The molecule has 7 heteroatoms. The van der Waals surface area contributed by atoms with E-state index in [2.05, 4.69) is 34.3 Å². The van der Waals surface area contributed by atoms with Crippen LogP contribution in [-0.2, 0) is 4.79 Å². The quantitative estimate of drug-likeness (QED) is 0.724. The van der Waals surface area contributed by atoms with Gasteiger partial charge in [-0.05, 0) is 55.7 Å². The predicted octanol–water partition coefficient (Wildman–Crippen LogP) is 3.63. The van der Waals surface area contributed by atoms with Crippen molar-refractivity contribution in [1.82, 2.24) is 25.1 Å². The minimum absolute atomic E-state index is 0.177. The molecular formula is C19H27N5OS. The van der Waals surface area contributed by atoms with E-state index >= 15 is 0 Å². The number of nitrogens with zero attached hydrogens (tertiary/aromatic N) is 5.